The smallest absolute Gasteiger partial charge is 0.339 e. The van der Waals surface area contributed by atoms with E-state index in [4.69, 9.17) is 20.8 Å². The number of aromatic amines is 1. The standard InChI is InChI=1S/C19H18ClNO3/c1-14(18-12-15(23-2)13-19(22)24-18)8-6-4-3-5-7-9-17-16(20)10-11-21-17/h3-13,21H,1-2H3/b5-3+,6-4+,9-7+,14-8+. The van der Waals surface area contributed by atoms with E-state index in [0.29, 0.717) is 16.5 Å². The van der Waals surface area contributed by atoms with E-state index in [9.17, 15) is 4.79 Å². The van der Waals surface area contributed by atoms with Gasteiger partial charge < -0.3 is 14.1 Å². The maximum Gasteiger partial charge on any atom is 0.339 e. The van der Waals surface area contributed by atoms with Gasteiger partial charge in [-0.25, -0.2) is 4.79 Å². The van der Waals surface area contributed by atoms with Gasteiger partial charge in [0.15, 0.2) is 0 Å². The first-order chi connectivity index (χ1) is 11.6. The lowest BCUT2D eigenvalue weighted by Crippen LogP contribution is -2.00. The molecule has 2 aromatic rings. The zero-order valence-corrected chi connectivity index (χ0v) is 14.2. The molecule has 0 aliphatic heterocycles. The van der Waals surface area contributed by atoms with Crippen LogP contribution in [-0.4, -0.2) is 12.1 Å². The summed E-state index contributed by atoms with van der Waals surface area (Å²) in [6.45, 7) is 1.86. The lowest BCUT2D eigenvalue weighted by atomic mass is 10.2. The third kappa shape index (κ3) is 5.18. The molecule has 4 nitrogen and oxygen atoms in total. The molecule has 0 saturated heterocycles. The molecule has 0 amide bonds. The number of nitrogens with one attached hydrogen (secondary N) is 1. The van der Waals surface area contributed by atoms with Crippen LogP contribution in [0.25, 0.3) is 11.6 Å². The molecule has 0 saturated carbocycles. The highest BCUT2D eigenvalue weighted by atomic mass is 35.5. The topological polar surface area (TPSA) is 55.2 Å². The van der Waals surface area contributed by atoms with Crippen molar-refractivity contribution in [2.75, 3.05) is 7.11 Å². The predicted octanol–water partition coefficient (Wildman–Crippen LogP) is 4.86. The Hall–Kier alpha value is -2.72. The summed E-state index contributed by atoms with van der Waals surface area (Å²) in [6, 6.07) is 4.78. The second-order valence-corrected chi connectivity index (χ2v) is 5.31. The monoisotopic (exact) mass is 343 g/mol. The highest BCUT2D eigenvalue weighted by Gasteiger charge is 2.02. The fraction of sp³-hybridized carbons (Fsp3) is 0.105. The van der Waals surface area contributed by atoms with Gasteiger partial charge in [0.05, 0.1) is 23.9 Å². The van der Waals surface area contributed by atoms with Crippen molar-refractivity contribution in [1.29, 1.82) is 0 Å². The first kappa shape index (κ1) is 17.6. The summed E-state index contributed by atoms with van der Waals surface area (Å²) in [7, 11) is 1.51. The molecule has 1 N–H and O–H groups in total. The van der Waals surface area contributed by atoms with Gasteiger partial charge in [0, 0.05) is 12.3 Å². The number of methoxy groups -OCH3 is 1. The predicted molar refractivity (Wildman–Crippen MR) is 98.3 cm³/mol. The highest BCUT2D eigenvalue weighted by Crippen LogP contribution is 2.17. The summed E-state index contributed by atoms with van der Waals surface area (Å²) in [5.41, 5.74) is 1.26. The van der Waals surface area contributed by atoms with Crippen LogP contribution in [-0.2, 0) is 0 Å². The van der Waals surface area contributed by atoms with Crippen LogP contribution in [0.5, 0.6) is 5.75 Å². The molecule has 0 bridgehead atoms. The quantitative estimate of drug-likeness (QED) is 0.762. The maximum atomic E-state index is 11.4. The first-order valence-electron chi connectivity index (χ1n) is 7.31. The molecule has 0 fully saturated rings. The number of ether oxygens (including phenoxy) is 1. The van der Waals surface area contributed by atoms with Crippen LogP contribution in [0.2, 0.25) is 5.02 Å². The molecular formula is C19H18ClNO3. The maximum absolute atomic E-state index is 11.4. The number of H-pyrrole nitrogens is 1. The van der Waals surface area contributed by atoms with Gasteiger partial charge in [-0.15, -0.1) is 0 Å². The summed E-state index contributed by atoms with van der Waals surface area (Å²) >= 11 is 5.96. The summed E-state index contributed by atoms with van der Waals surface area (Å²) < 4.78 is 10.2. The number of aromatic nitrogens is 1. The van der Waals surface area contributed by atoms with E-state index in [1.807, 2.05) is 49.5 Å². The van der Waals surface area contributed by atoms with E-state index in [1.165, 1.54) is 13.2 Å². The fourth-order valence-electron chi connectivity index (χ4n) is 1.88. The highest BCUT2D eigenvalue weighted by molar-refractivity contribution is 6.31. The summed E-state index contributed by atoms with van der Waals surface area (Å²) in [5, 5.41) is 0.688. The lowest BCUT2D eigenvalue weighted by molar-refractivity contribution is 0.400. The molecule has 2 rings (SSSR count). The van der Waals surface area contributed by atoms with Gasteiger partial charge >= 0.3 is 5.63 Å². The van der Waals surface area contributed by atoms with Crippen molar-refractivity contribution in [3.8, 4) is 5.75 Å². The fourth-order valence-corrected chi connectivity index (χ4v) is 2.06. The van der Waals surface area contributed by atoms with E-state index in [1.54, 1.807) is 18.3 Å². The zero-order valence-electron chi connectivity index (χ0n) is 13.5. The molecule has 0 spiro atoms. The molecule has 24 heavy (non-hydrogen) atoms. The largest absolute Gasteiger partial charge is 0.496 e. The number of allylic oxidation sites excluding steroid dienone is 7. The molecule has 124 valence electrons. The molecule has 5 heteroatoms. The average Bonchev–Trinajstić information content (AvgIpc) is 2.98. The Morgan fingerprint density at radius 1 is 1.21 bits per heavy atom. The Kier molecular flexibility index (Phi) is 6.46. The van der Waals surface area contributed by atoms with Gasteiger partial charge in [-0.05, 0) is 24.6 Å². The number of halogens is 1. The summed E-state index contributed by atoms with van der Waals surface area (Å²) in [6.07, 6.45) is 14.9. The number of hydrogen-bond acceptors (Lipinski definition) is 3. The third-order valence-corrected chi connectivity index (χ3v) is 3.48. The zero-order chi connectivity index (χ0) is 17.4. The van der Waals surface area contributed by atoms with E-state index < -0.39 is 5.63 Å². The Morgan fingerprint density at radius 3 is 2.67 bits per heavy atom. The van der Waals surface area contributed by atoms with Crippen LogP contribution >= 0.6 is 11.6 Å². The molecular weight excluding hydrogens is 326 g/mol. The molecule has 2 heterocycles. The van der Waals surface area contributed by atoms with Crippen LogP contribution in [0.4, 0.5) is 0 Å². The van der Waals surface area contributed by atoms with Crippen LogP contribution < -0.4 is 10.4 Å². The Bertz CT molecular complexity index is 853. The van der Waals surface area contributed by atoms with Crippen molar-refractivity contribution in [3.63, 3.8) is 0 Å². The molecule has 0 aliphatic rings. The van der Waals surface area contributed by atoms with E-state index in [-0.39, 0.29) is 0 Å². The van der Waals surface area contributed by atoms with Gasteiger partial charge in [-0.1, -0.05) is 48.1 Å². The van der Waals surface area contributed by atoms with E-state index in [2.05, 4.69) is 4.98 Å². The Morgan fingerprint density at radius 2 is 1.96 bits per heavy atom. The Labute approximate surface area is 145 Å². The van der Waals surface area contributed by atoms with Crippen LogP contribution in [0.1, 0.15) is 18.4 Å². The van der Waals surface area contributed by atoms with Gasteiger partial charge in [-0.3, -0.25) is 0 Å². The van der Waals surface area contributed by atoms with Crippen molar-refractivity contribution >= 4 is 23.3 Å². The summed E-state index contributed by atoms with van der Waals surface area (Å²) in [4.78, 5) is 14.4. The molecule has 0 aromatic carbocycles. The minimum Gasteiger partial charge on any atom is -0.496 e. The van der Waals surface area contributed by atoms with Gasteiger partial charge in [0.2, 0.25) is 0 Å². The van der Waals surface area contributed by atoms with Gasteiger partial charge in [0.1, 0.15) is 11.5 Å². The SMILES string of the molecule is COc1cc(/C(C)=C/C=C/C=C/C=C/c2[nH]ccc2Cl)oc(=O)c1. The second kappa shape index (κ2) is 8.79. The van der Waals surface area contributed by atoms with Crippen LogP contribution in [0.3, 0.4) is 0 Å². The molecule has 2 aromatic heterocycles. The minimum atomic E-state index is -0.436. The van der Waals surface area contributed by atoms with Gasteiger partial charge in [0.25, 0.3) is 0 Å². The van der Waals surface area contributed by atoms with Crippen molar-refractivity contribution < 1.29 is 9.15 Å². The normalized spacial score (nSPS) is 12.7. The van der Waals surface area contributed by atoms with Crippen molar-refractivity contribution in [1.82, 2.24) is 4.98 Å². The molecule has 0 aliphatic carbocycles. The third-order valence-electron chi connectivity index (χ3n) is 3.15. The first-order valence-corrected chi connectivity index (χ1v) is 7.68. The second-order valence-electron chi connectivity index (χ2n) is 4.90. The lowest BCUT2D eigenvalue weighted by Gasteiger charge is -2.02. The molecule has 0 radical (unpaired) electrons. The Balaban J connectivity index is 1.97. The minimum absolute atomic E-state index is 0.436. The van der Waals surface area contributed by atoms with Crippen LogP contribution in [0, 0.1) is 0 Å². The van der Waals surface area contributed by atoms with Crippen molar-refractivity contribution in [2.24, 2.45) is 0 Å². The number of rotatable bonds is 6. The average molecular weight is 344 g/mol. The molecule has 0 atom stereocenters. The van der Waals surface area contributed by atoms with Crippen molar-refractivity contribution in [2.45, 2.75) is 6.92 Å². The summed E-state index contributed by atoms with van der Waals surface area (Å²) in [5.74, 6) is 0.959. The molecule has 0 unspecified atom stereocenters. The van der Waals surface area contributed by atoms with E-state index >= 15 is 0 Å². The van der Waals surface area contributed by atoms with Gasteiger partial charge in [-0.2, -0.15) is 0 Å². The van der Waals surface area contributed by atoms with Crippen molar-refractivity contribution in [3.05, 3.63) is 87.7 Å². The van der Waals surface area contributed by atoms with E-state index in [0.717, 1.165) is 11.3 Å². The van der Waals surface area contributed by atoms with Crippen LogP contribution in [0.15, 0.2) is 70.1 Å². The number of hydrogen-bond donors (Lipinski definition) is 1.